The molecule has 5 rings (SSSR count). The lowest BCUT2D eigenvalue weighted by atomic mass is 10.1. The summed E-state index contributed by atoms with van der Waals surface area (Å²) >= 11 is 1.68. The van der Waals surface area contributed by atoms with Crippen molar-refractivity contribution in [3.8, 4) is 28.5 Å². The quantitative estimate of drug-likeness (QED) is 0.323. The van der Waals surface area contributed by atoms with E-state index in [-0.39, 0.29) is 0 Å². The number of methoxy groups -OCH3 is 3. The summed E-state index contributed by atoms with van der Waals surface area (Å²) < 4.78 is 16.6. The first-order valence-electron chi connectivity index (χ1n) is 9.88. The molecule has 0 atom stereocenters. The molecule has 3 aromatic carbocycles. The third-order valence-corrected chi connectivity index (χ3v) is 6.46. The molecule has 0 aliphatic carbocycles. The Hall–Kier alpha value is -3.51. The van der Waals surface area contributed by atoms with Gasteiger partial charge in [-0.1, -0.05) is 36.0 Å². The monoisotopic (exact) mass is 430 g/mol. The second-order valence-corrected chi connectivity index (χ2v) is 8.20. The molecule has 2 aromatic heterocycles. The van der Waals surface area contributed by atoms with Gasteiger partial charge in [0.1, 0.15) is 0 Å². The van der Waals surface area contributed by atoms with Crippen molar-refractivity contribution in [2.24, 2.45) is 0 Å². The van der Waals surface area contributed by atoms with Crippen LogP contribution in [0.25, 0.3) is 33.1 Å². The van der Waals surface area contributed by atoms with E-state index in [4.69, 9.17) is 14.2 Å². The number of hydrogen-bond acceptors (Lipinski definition) is 4. The van der Waals surface area contributed by atoms with Crippen molar-refractivity contribution in [1.29, 1.82) is 0 Å². The maximum Gasteiger partial charge on any atom is 0.203 e. The predicted octanol–water partition coefficient (Wildman–Crippen LogP) is 6.49. The third-order valence-electron chi connectivity index (χ3n) is 5.36. The van der Waals surface area contributed by atoms with Gasteiger partial charge in [-0.05, 0) is 42.0 Å². The van der Waals surface area contributed by atoms with E-state index >= 15 is 0 Å². The zero-order chi connectivity index (χ0) is 21.4. The van der Waals surface area contributed by atoms with Crippen molar-refractivity contribution in [1.82, 2.24) is 9.97 Å². The molecule has 156 valence electrons. The fourth-order valence-electron chi connectivity index (χ4n) is 3.87. The molecule has 0 aliphatic rings. The van der Waals surface area contributed by atoms with E-state index in [1.165, 1.54) is 10.8 Å². The normalized spacial score (nSPS) is 11.2. The van der Waals surface area contributed by atoms with Gasteiger partial charge in [0.2, 0.25) is 5.75 Å². The number of rotatable bonds is 6. The summed E-state index contributed by atoms with van der Waals surface area (Å²) in [4.78, 5) is 9.04. The standard InChI is InChI=1S/C25H22N2O3S/c1-28-21-13-17(14-22(29-2)24(21)30-3)31-25-18-6-4-5-7-20(18)27-23(25)16-8-9-19-15(12-16)10-11-26-19/h4-14,26-27H,1-3H3. The highest BCUT2D eigenvalue weighted by atomic mass is 32.2. The molecule has 0 saturated carbocycles. The van der Waals surface area contributed by atoms with Gasteiger partial charge in [-0.3, -0.25) is 0 Å². The Morgan fingerprint density at radius 1 is 0.774 bits per heavy atom. The molecule has 2 heterocycles. The van der Waals surface area contributed by atoms with E-state index in [1.54, 1.807) is 33.1 Å². The highest BCUT2D eigenvalue weighted by molar-refractivity contribution is 7.99. The number of ether oxygens (including phenoxy) is 3. The molecular weight excluding hydrogens is 408 g/mol. The minimum atomic E-state index is 0.589. The van der Waals surface area contributed by atoms with Crippen LogP contribution in [0.2, 0.25) is 0 Å². The van der Waals surface area contributed by atoms with E-state index in [2.05, 4.69) is 52.4 Å². The van der Waals surface area contributed by atoms with Crippen LogP contribution in [0.4, 0.5) is 0 Å². The van der Waals surface area contributed by atoms with Crippen molar-refractivity contribution < 1.29 is 14.2 Å². The first kappa shape index (κ1) is 19.5. The smallest absolute Gasteiger partial charge is 0.203 e. The van der Waals surface area contributed by atoms with Gasteiger partial charge >= 0.3 is 0 Å². The lowest BCUT2D eigenvalue weighted by Crippen LogP contribution is -1.95. The van der Waals surface area contributed by atoms with Crippen LogP contribution < -0.4 is 14.2 Å². The number of H-pyrrole nitrogens is 2. The van der Waals surface area contributed by atoms with E-state index in [0.29, 0.717) is 17.2 Å². The molecule has 0 unspecified atom stereocenters. The minimum Gasteiger partial charge on any atom is -0.493 e. The summed E-state index contributed by atoms with van der Waals surface area (Å²) in [6, 6.07) is 20.9. The van der Waals surface area contributed by atoms with Gasteiger partial charge in [-0.25, -0.2) is 0 Å². The van der Waals surface area contributed by atoms with E-state index in [9.17, 15) is 0 Å². The highest BCUT2D eigenvalue weighted by Crippen LogP contribution is 2.46. The van der Waals surface area contributed by atoms with Crippen molar-refractivity contribution in [2.75, 3.05) is 21.3 Å². The largest absolute Gasteiger partial charge is 0.493 e. The minimum absolute atomic E-state index is 0.589. The molecule has 0 spiro atoms. The topological polar surface area (TPSA) is 59.3 Å². The zero-order valence-corrected chi connectivity index (χ0v) is 18.3. The van der Waals surface area contributed by atoms with Gasteiger partial charge in [-0.2, -0.15) is 0 Å². The van der Waals surface area contributed by atoms with Crippen LogP contribution in [-0.2, 0) is 0 Å². The van der Waals surface area contributed by atoms with Crippen LogP contribution in [0.3, 0.4) is 0 Å². The van der Waals surface area contributed by atoms with Gasteiger partial charge in [0.25, 0.3) is 0 Å². The predicted molar refractivity (Wildman–Crippen MR) is 126 cm³/mol. The number of fused-ring (bicyclic) bond motifs is 2. The van der Waals surface area contributed by atoms with Crippen LogP contribution >= 0.6 is 11.8 Å². The maximum absolute atomic E-state index is 5.55. The average molecular weight is 431 g/mol. The van der Waals surface area contributed by atoms with E-state index in [0.717, 1.165) is 32.1 Å². The Morgan fingerprint density at radius 2 is 1.55 bits per heavy atom. The molecule has 2 N–H and O–H groups in total. The number of nitrogens with one attached hydrogen (secondary N) is 2. The van der Waals surface area contributed by atoms with Crippen LogP contribution in [0.1, 0.15) is 0 Å². The van der Waals surface area contributed by atoms with Crippen LogP contribution in [0.5, 0.6) is 17.2 Å². The summed E-state index contributed by atoms with van der Waals surface area (Å²) in [5.74, 6) is 1.87. The Bertz CT molecular complexity index is 1360. The molecule has 0 radical (unpaired) electrons. The van der Waals surface area contributed by atoms with Crippen molar-refractivity contribution in [3.63, 3.8) is 0 Å². The molecule has 0 fully saturated rings. The van der Waals surface area contributed by atoms with Gasteiger partial charge in [-0.15, -0.1) is 0 Å². The molecular formula is C25H22N2O3S. The fourth-order valence-corrected chi connectivity index (χ4v) is 4.99. The number of aromatic nitrogens is 2. The Balaban J connectivity index is 1.67. The molecule has 6 heteroatoms. The van der Waals surface area contributed by atoms with Crippen LogP contribution in [0, 0.1) is 0 Å². The third kappa shape index (κ3) is 3.39. The van der Waals surface area contributed by atoms with E-state index < -0.39 is 0 Å². The Kier molecular flexibility index (Phi) is 5.00. The van der Waals surface area contributed by atoms with Crippen molar-refractivity contribution in [3.05, 3.63) is 66.9 Å². The molecule has 0 saturated heterocycles. The average Bonchev–Trinajstić information content (AvgIpc) is 3.42. The fraction of sp³-hybridized carbons (Fsp3) is 0.120. The van der Waals surface area contributed by atoms with Crippen LogP contribution in [0.15, 0.2) is 76.7 Å². The Morgan fingerprint density at radius 3 is 2.29 bits per heavy atom. The lowest BCUT2D eigenvalue weighted by molar-refractivity contribution is 0.323. The molecule has 31 heavy (non-hydrogen) atoms. The molecule has 0 bridgehead atoms. The highest BCUT2D eigenvalue weighted by Gasteiger charge is 2.18. The first-order valence-corrected chi connectivity index (χ1v) is 10.7. The number of para-hydroxylation sites is 1. The Labute approximate surface area is 184 Å². The molecule has 0 aliphatic heterocycles. The molecule has 5 aromatic rings. The van der Waals surface area contributed by atoms with Crippen LogP contribution in [-0.4, -0.2) is 31.3 Å². The van der Waals surface area contributed by atoms with Gasteiger partial charge in [0.15, 0.2) is 11.5 Å². The summed E-state index contributed by atoms with van der Waals surface area (Å²) in [5.41, 5.74) is 4.45. The van der Waals surface area contributed by atoms with Crippen molar-refractivity contribution in [2.45, 2.75) is 9.79 Å². The second-order valence-electron chi connectivity index (χ2n) is 7.12. The molecule has 5 nitrogen and oxygen atoms in total. The maximum atomic E-state index is 5.55. The van der Waals surface area contributed by atoms with Gasteiger partial charge in [0.05, 0.1) is 27.0 Å². The SMILES string of the molecule is COc1cc(Sc2c(-c3ccc4[nH]ccc4c3)[nH]c3ccccc23)cc(OC)c1OC. The second kappa shape index (κ2) is 7.96. The summed E-state index contributed by atoms with van der Waals surface area (Å²) in [5, 5.41) is 2.35. The first-order chi connectivity index (χ1) is 15.2. The van der Waals surface area contributed by atoms with Gasteiger partial charge in [0, 0.05) is 37.8 Å². The lowest BCUT2D eigenvalue weighted by Gasteiger charge is -2.14. The number of aromatic amines is 2. The molecule has 0 amide bonds. The number of benzene rings is 3. The number of hydrogen-bond donors (Lipinski definition) is 2. The van der Waals surface area contributed by atoms with Gasteiger partial charge < -0.3 is 24.2 Å². The summed E-state index contributed by atoms with van der Waals surface area (Å²) in [7, 11) is 4.88. The summed E-state index contributed by atoms with van der Waals surface area (Å²) in [6.45, 7) is 0. The zero-order valence-electron chi connectivity index (χ0n) is 17.5. The summed E-state index contributed by atoms with van der Waals surface area (Å²) in [6.07, 6.45) is 1.96. The van der Waals surface area contributed by atoms with E-state index in [1.807, 2.05) is 24.4 Å². The van der Waals surface area contributed by atoms with Crippen molar-refractivity contribution >= 4 is 33.6 Å².